The second-order valence-corrected chi connectivity index (χ2v) is 7.31. The average Bonchev–Trinajstić information content (AvgIpc) is 3.18. The first kappa shape index (κ1) is 12.8. The summed E-state index contributed by atoms with van der Waals surface area (Å²) < 4.78 is 16.5. The van der Waals surface area contributed by atoms with Crippen LogP contribution in [0, 0.1) is 11.2 Å². The van der Waals surface area contributed by atoms with E-state index in [0.29, 0.717) is 17.4 Å². The molecule has 2 aliphatic carbocycles. The van der Waals surface area contributed by atoms with Gasteiger partial charge in [0.25, 0.3) is 0 Å². The maximum atomic E-state index is 14.4. The number of rotatable bonds is 3. The minimum atomic E-state index is -0.134. The molecule has 0 radical (unpaired) electrons. The summed E-state index contributed by atoms with van der Waals surface area (Å²) in [6.45, 7) is 2.27. The molecule has 1 aromatic heterocycles. The summed E-state index contributed by atoms with van der Waals surface area (Å²) in [5, 5.41) is 8.05. The van der Waals surface area contributed by atoms with Gasteiger partial charge in [0.15, 0.2) is 0 Å². The van der Waals surface area contributed by atoms with Crippen LogP contribution in [0.15, 0.2) is 30.5 Å². The van der Waals surface area contributed by atoms with E-state index in [-0.39, 0.29) is 5.82 Å². The average molecular weight is 297 g/mol. The van der Waals surface area contributed by atoms with Crippen LogP contribution in [0.25, 0.3) is 11.3 Å². The Hall–Kier alpha value is -1.68. The minimum Gasteiger partial charge on any atom is -0.316 e. The van der Waals surface area contributed by atoms with Crippen LogP contribution in [0.2, 0.25) is 0 Å². The Morgan fingerprint density at radius 1 is 1.18 bits per heavy atom. The first-order valence-electron chi connectivity index (χ1n) is 8.29. The monoisotopic (exact) mass is 297 g/mol. The van der Waals surface area contributed by atoms with Crippen molar-refractivity contribution in [2.24, 2.45) is 5.41 Å². The third kappa shape index (κ3) is 1.80. The van der Waals surface area contributed by atoms with Gasteiger partial charge in [-0.15, -0.1) is 0 Å². The Labute approximate surface area is 129 Å². The van der Waals surface area contributed by atoms with Gasteiger partial charge >= 0.3 is 0 Å². The van der Waals surface area contributed by atoms with Gasteiger partial charge in [-0.05, 0) is 49.1 Å². The van der Waals surface area contributed by atoms with Gasteiger partial charge in [-0.25, -0.2) is 4.39 Å². The van der Waals surface area contributed by atoms with E-state index in [1.165, 1.54) is 31.2 Å². The van der Waals surface area contributed by atoms with Gasteiger partial charge in [0.1, 0.15) is 5.82 Å². The van der Waals surface area contributed by atoms with Crippen LogP contribution < -0.4 is 5.32 Å². The molecule has 0 unspecified atom stereocenters. The predicted octanol–water partition coefficient (Wildman–Crippen LogP) is 3.49. The molecule has 2 aromatic rings. The minimum absolute atomic E-state index is 0.134. The second-order valence-electron chi connectivity index (χ2n) is 7.31. The first-order valence-corrected chi connectivity index (χ1v) is 8.29. The topological polar surface area (TPSA) is 29.9 Å². The number of halogens is 1. The Morgan fingerprint density at radius 2 is 1.95 bits per heavy atom. The van der Waals surface area contributed by atoms with Crippen LogP contribution in [-0.2, 0) is 0 Å². The van der Waals surface area contributed by atoms with Crippen LogP contribution in [0.5, 0.6) is 0 Å². The van der Waals surface area contributed by atoms with Crippen LogP contribution in [0.1, 0.15) is 43.2 Å². The Morgan fingerprint density at radius 3 is 2.59 bits per heavy atom. The Kier molecular flexibility index (Phi) is 2.57. The Bertz CT molecular complexity index is 720. The van der Waals surface area contributed by atoms with E-state index in [2.05, 4.69) is 15.1 Å². The molecule has 4 heteroatoms. The van der Waals surface area contributed by atoms with Crippen molar-refractivity contribution in [3.05, 3.63) is 41.8 Å². The smallest absolute Gasteiger partial charge is 0.132 e. The number of benzene rings is 1. The van der Waals surface area contributed by atoms with Crippen LogP contribution in [0.4, 0.5) is 4.39 Å². The summed E-state index contributed by atoms with van der Waals surface area (Å²) >= 11 is 0. The number of aromatic nitrogens is 2. The summed E-state index contributed by atoms with van der Waals surface area (Å²) in [4.78, 5) is 0. The van der Waals surface area contributed by atoms with Crippen molar-refractivity contribution in [3.63, 3.8) is 0 Å². The van der Waals surface area contributed by atoms with E-state index in [4.69, 9.17) is 0 Å². The molecule has 114 valence electrons. The molecule has 22 heavy (non-hydrogen) atoms. The first-order chi connectivity index (χ1) is 10.8. The van der Waals surface area contributed by atoms with Gasteiger partial charge < -0.3 is 5.32 Å². The lowest BCUT2D eigenvalue weighted by Gasteiger charge is -2.54. The molecular weight excluding hydrogens is 277 g/mol. The van der Waals surface area contributed by atoms with Gasteiger partial charge in [-0.2, -0.15) is 5.10 Å². The van der Waals surface area contributed by atoms with Crippen molar-refractivity contribution >= 4 is 0 Å². The molecule has 1 aromatic carbocycles. The summed E-state index contributed by atoms with van der Waals surface area (Å²) in [5.74, 6) is 0.452. The van der Waals surface area contributed by atoms with Crippen LogP contribution >= 0.6 is 0 Å². The molecule has 1 aliphatic heterocycles. The fourth-order valence-electron chi connectivity index (χ4n) is 4.16. The van der Waals surface area contributed by atoms with Gasteiger partial charge in [0, 0.05) is 24.2 Å². The van der Waals surface area contributed by atoms with Crippen LogP contribution in [0.3, 0.4) is 0 Å². The fraction of sp³-hybridized carbons (Fsp3) is 0.500. The second kappa shape index (κ2) is 4.42. The molecule has 3 nitrogen and oxygen atoms in total. The van der Waals surface area contributed by atoms with Crippen molar-refractivity contribution in [2.75, 3.05) is 13.1 Å². The third-order valence-corrected chi connectivity index (χ3v) is 5.65. The molecule has 2 saturated carbocycles. The fourth-order valence-corrected chi connectivity index (χ4v) is 4.16. The summed E-state index contributed by atoms with van der Waals surface area (Å²) in [7, 11) is 0. The van der Waals surface area contributed by atoms with Gasteiger partial charge in [0.2, 0.25) is 0 Å². The Balaban J connectivity index is 1.56. The van der Waals surface area contributed by atoms with Gasteiger partial charge in [-0.3, -0.25) is 4.68 Å². The maximum Gasteiger partial charge on any atom is 0.132 e. The molecule has 3 fully saturated rings. The summed E-state index contributed by atoms with van der Waals surface area (Å²) in [6, 6.07) is 7.57. The zero-order valence-corrected chi connectivity index (χ0v) is 12.6. The van der Waals surface area contributed by atoms with Crippen molar-refractivity contribution < 1.29 is 4.39 Å². The highest BCUT2D eigenvalue weighted by Gasteiger charge is 2.50. The van der Waals surface area contributed by atoms with Crippen molar-refractivity contribution in [1.82, 2.24) is 15.1 Å². The third-order valence-electron chi connectivity index (χ3n) is 5.65. The van der Waals surface area contributed by atoms with Crippen molar-refractivity contribution in [3.8, 4) is 11.3 Å². The molecule has 1 N–H and O–H groups in total. The lowest BCUT2D eigenvalue weighted by Crippen LogP contribution is -2.60. The molecular formula is C18H20FN3. The molecule has 1 saturated heterocycles. The van der Waals surface area contributed by atoms with E-state index < -0.39 is 0 Å². The zero-order chi connectivity index (χ0) is 14.7. The highest BCUT2D eigenvalue weighted by molar-refractivity contribution is 5.65. The number of nitrogens with zero attached hydrogens (tertiary/aromatic N) is 2. The van der Waals surface area contributed by atoms with Crippen LogP contribution in [-0.4, -0.2) is 22.9 Å². The molecule has 2 heterocycles. The number of nitrogens with one attached hydrogen (secondary N) is 1. The predicted molar refractivity (Wildman–Crippen MR) is 83.2 cm³/mol. The molecule has 0 amide bonds. The zero-order valence-electron chi connectivity index (χ0n) is 12.6. The van der Waals surface area contributed by atoms with E-state index in [9.17, 15) is 4.39 Å². The lowest BCUT2D eigenvalue weighted by molar-refractivity contribution is 0.00308. The molecule has 0 atom stereocenters. The van der Waals surface area contributed by atoms with Crippen molar-refractivity contribution in [2.45, 2.75) is 37.6 Å². The highest BCUT2D eigenvalue weighted by Crippen LogP contribution is 2.53. The van der Waals surface area contributed by atoms with Crippen molar-refractivity contribution in [1.29, 1.82) is 0 Å². The molecule has 5 rings (SSSR count). The largest absolute Gasteiger partial charge is 0.316 e. The standard InChI is InChI=1S/C18H20FN3/c19-16-4-2-1-3-14(16)17-15(12-5-6-12)9-21-22(17)13-7-18(8-13)10-20-11-18/h1-4,9,12-13,20H,5-8,10-11H2. The van der Waals surface area contributed by atoms with Gasteiger partial charge in [-0.1, -0.05) is 12.1 Å². The van der Waals surface area contributed by atoms with E-state index in [1.807, 2.05) is 18.3 Å². The molecule has 3 aliphatic rings. The lowest BCUT2D eigenvalue weighted by atomic mass is 9.61. The summed E-state index contributed by atoms with van der Waals surface area (Å²) in [6.07, 6.45) is 6.77. The van der Waals surface area contributed by atoms with E-state index in [1.54, 1.807) is 12.1 Å². The quantitative estimate of drug-likeness (QED) is 0.940. The normalized spacial score (nSPS) is 23.3. The van der Waals surface area contributed by atoms with E-state index >= 15 is 0 Å². The summed E-state index contributed by atoms with van der Waals surface area (Å²) in [5.41, 5.74) is 3.50. The highest BCUT2D eigenvalue weighted by atomic mass is 19.1. The SMILES string of the molecule is Fc1ccccc1-c1c(C2CC2)cnn1C1CC2(CNC2)C1. The maximum absolute atomic E-state index is 14.4. The van der Waals surface area contributed by atoms with E-state index in [0.717, 1.165) is 24.3 Å². The molecule has 0 bridgehead atoms. The molecule has 1 spiro atoms. The number of hydrogen-bond donors (Lipinski definition) is 1. The van der Waals surface area contributed by atoms with Gasteiger partial charge in [0.05, 0.1) is 17.9 Å². The number of hydrogen-bond acceptors (Lipinski definition) is 2.